The van der Waals surface area contributed by atoms with Crippen LogP contribution in [0, 0.1) is 6.92 Å². The second-order valence-corrected chi connectivity index (χ2v) is 5.93. The number of carbonyl (C=O) groups is 2. The molecule has 0 radical (unpaired) electrons. The third kappa shape index (κ3) is 3.64. The van der Waals surface area contributed by atoms with E-state index in [2.05, 4.69) is 47.5 Å². The Morgan fingerprint density at radius 3 is 2.38 bits per heavy atom. The number of para-hydroxylation sites is 1. The summed E-state index contributed by atoms with van der Waals surface area (Å²) in [6, 6.07) is 6.39. The van der Waals surface area contributed by atoms with Gasteiger partial charge in [-0.3, -0.25) is 0 Å². The summed E-state index contributed by atoms with van der Waals surface area (Å²) in [7, 11) is 0. The Labute approximate surface area is 137 Å². The Hall–Kier alpha value is -1.80. The van der Waals surface area contributed by atoms with Gasteiger partial charge in [0.05, 0.1) is 11.4 Å². The number of H-pyrrole nitrogens is 1. The lowest BCUT2D eigenvalue weighted by Crippen LogP contribution is -2.21. The number of carboxylic acid groups (broad SMARTS) is 1. The third-order valence-corrected chi connectivity index (χ3v) is 3.94. The van der Waals surface area contributed by atoms with Crippen LogP contribution in [-0.4, -0.2) is 22.1 Å². The molecular weight excluding hydrogens is 406 g/mol. The smallest absolute Gasteiger partial charge is 0.354 e. The fourth-order valence-corrected chi connectivity index (χ4v) is 2.94. The summed E-state index contributed by atoms with van der Waals surface area (Å²) in [6.45, 7) is 1.71. The fraction of sp³-hybridized carbons (Fsp3) is 0.0769. The number of aromatic carboxylic acids is 1. The summed E-state index contributed by atoms with van der Waals surface area (Å²) in [6.07, 6.45) is 0. The number of urea groups is 1. The van der Waals surface area contributed by atoms with Gasteiger partial charge in [0, 0.05) is 14.6 Å². The van der Waals surface area contributed by atoms with Crippen LogP contribution in [0.3, 0.4) is 0 Å². The molecule has 0 fully saturated rings. The quantitative estimate of drug-likeness (QED) is 0.604. The number of anilines is 2. The summed E-state index contributed by atoms with van der Waals surface area (Å²) in [5, 5.41) is 14.2. The highest BCUT2D eigenvalue weighted by atomic mass is 79.9. The average molecular weight is 417 g/mol. The number of rotatable bonds is 3. The Morgan fingerprint density at radius 2 is 1.81 bits per heavy atom. The van der Waals surface area contributed by atoms with Crippen molar-refractivity contribution in [2.45, 2.75) is 6.92 Å². The van der Waals surface area contributed by atoms with Gasteiger partial charge in [0.2, 0.25) is 0 Å². The molecule has 1 heterocycles. The number of hydrogen-bond donors (Lipinski definition) is 4. The number of nitrogens with one attached hydrogen (secondary N) is 3. The molecule has 0 unspecified atom stereocenters. The summed E-state index contributed by atoms with van der Waals surface area (Å²) < 4.78 is 1.41. The lowest BCUT2D eigenvalue weighted by molar-refractivity contribution is 0.0692. The van der Waals surface area contributed by atoms with Crippen molar-refractivity contribution in [1.29, 1.82) is 0 Å². The zero-order valence-electron chi connectivity index (χ0n) is 10.8. The molecule has 4 N–H and O–H groups in total. The number of aryl methyl sites for hydroxylation is 1. The number of hydrogen-bond acceptors (Lipinski definition) is 2. The Morgan fingerprint density at radius 1 is 1.19 bits per heavy atom. The molecule has 110 valence electrons. The minimum Gasteiger partial charge on any atom is -0.477 e. The molecule has 6 nitrogen and oxygen atoms in total. The highest BCUT2D eigenvalue weighted by Gasteiger charge is 2.16. The molecule has 21 heavy (non-hydrogen) atoms. The van der Waals surface area contributed by atoms with Crippen molar-refractivity contribution >= 4 is 55.2 Å². The zero-order valence-corrected chi connectivity index (χ0v) is 14.0. The van der Waals surface area contributed by atoms with Crippen molar-refractivity contribution in [2.75, 3.05) is 10.6 Å². The van der Waals surface area contributed by atoms with E-state index >= 15 is 0 Å². The first-order valence-electron chi connectivity index (χ1n) is 5.83. The minimum absolute atomic E-state index is 0.0613. The SMILES string of the molecule is Cc1cc(NC(=O)Nc2c(Br)cccc2Br)c(C(=O)O)[nH]1. The largest absolute Gasteiger partial charge is 0.477 e. The number of aromatic nitrogens is 1. The molecule has 0 saturated carbocycles. The molecular formula is C13H11Br2N3O3. The highest BCUT2D eigenvalue weighted by molar-refractivity contribution is 9.11. The summed E-state index contributed by atoms with van der Waals surface area (Å²) in [5.74, 6) is -1.14. The molecule has 0 aliphatic rings. The first kappa shape index (κ1) is 15.6. The maximum Gasteiger partial charge on any atom is 0.354 e. The van der Waals surface area contributed by atoms with Gasteiger partial charge >= 0.3 is 12.0 Å². The maximum absolute atomic E-state index is 12.0. The molecule has 8 heteroatoms. The van der Waals surface area contributed by atoms with Gasteiger partial charge in [0.25, 0.3) is 0 Å². The lowest BCUT2D eigenvalue weighted by atomic mass is 10.3. The van der Waals surface area contributed by atoms with Gasteiger partial charge in [0.1, 0.15) is 5.69 Å². The van der Waals surface area contributed by atoms with E-state index < -0.39 is 12.0 Å². The van der Waals surface area contributed by atoms with E-state index in [0.717, 1.165) is 0 Å². The number of halogens is 2. The molecule has 0 spiro atoms. The molecule has 0 aliphatic carbocycles. The van der Waals surface area contributed by atoms with Gasteiger partial charge in [-0.05, 0) is 57.0 Å². The first-order valence-corrected chi connectivity index (χ1v) is 7.42. The third-order valence-electron chi connectivity index (χ3n) is 2.62. The molecule has 0 aliphatic heterocycles. The second kappa shape index (κ2) is 6.31. The predicted molar refractivity (Wildman–Crippen MR) is 87.0 cm³/mol. The van der Waals surface area contributed by atoms with Crippen LogP contribution in [-0.2, 0) is 0 Å². The molecule has 1 aromatic heterocycles. The lowest BCUT2D eigenvalue weighted by Gasteiger charge is -2.10. The van der Waals surface area contributed by atoms with Gasteiger partial charge in [-0.2, -0.15) is 0 Å². The Balaban J connectivity index is 2.18. The van der Waals surface area contributed by atoms with Crippen molar-refractivity contribution in [1.82, 2.24) is 4.98 Å². The van der Waals surface area contributed by atoms with Gasteiger partial charge in [-0.1, -0.05) is 6.07 Å². The number of aromatic amines is 1. The normalized spacial score (nSPS) is 10.2. The summed E-state index contributed by atoms with van der Waals surface area (Å²) in [5.41, 5.74) is 1.35. The molecule has 0 bridgehead atoms. The van der Waals surface area contributed by atoms with Crippen LogP contribution in [0.2, 0.25) is 0 Å². The van der Waals surface area contributed by atoms with Crippen LogP contribution in [0.1, 0.15) is 16.2 Å². The predicted octanol–water partition coefficient (Wildman–Crippen LogP) is 4.19. The van der Waals surface area contributed by atoms with E-state index in [-0.39, 0.29) is 11.4 Å². The van der Waals surface area contributed by atoms with Crippen LogP contribution in [0.25, 0.3) is 0 Å². The van der Waals surface area contributed by atoms with E-state index in [1.807, 2.05) is 6.07 Å². The number of carbonyl (C=O) groups excluding carboxylic acids is 1. The summed E-state index contributed by atoms with van der Waals surface area (Å²) >= 11 is 6.66. The topological polar surface area (TPSA) is 94.2 Å². The molecule has 0 atom stereocenters. The monoisotopic (exact) mass is 415 g/mol. The molecule has 2 aromatic rings. The van der Waals surface area contributed by atoms with E-state index in [4.69, 9.17) is 5.11 Å². The molecule has 0 saturated heterocycles. The van der Waals surface area contributed by atoms with E-state index in [0.29, 0.717) is 20.3 Å². The van der Waals surface area contributed by atoms with E-state index in [1.54, 1.807) is 25.1 Å². The molecule has 1 aromatic carbocycles. The average Bonchev–Trinajstić information content (AvgIpc) is 2.75. The molecule has 2 rings (SSSR count). The minimum atomic E-state index is -1.14. The van der Waals surface area contributed by atoms with Gasteiger partial charge in [-0.25, -0.2) is 9.59 Å². The van der Waals surface area contributed by atoms with Crippen molar-refractivity contribution in [3.63, 3.8) is 0 Å². The van der Waals surface area contributed by atoms with E-state index in [9.17, 15) is 9.59 Å². The van der Waals surface area contributed by atoms with Crippen LogP contribution in [0.15, 0.2) is 33.2 Å². The van der Waals surface area contributed by atoms with Crippen molar-refractivity contribution in [2.24, 2.45) is 0 Å². The summed E-state index contributed by atoms with van der Waals surface area (Å²) in [4.78, 5) is 25.7. The molecule has 2 amide bonds. The number of amides is 2. The van der Waals surface area contributed by atoms with Crippen LogP contribution >= 0.6 is 31.9 Å². The van der Waals surface area contributed by atoms with Crippen LogP contribution in [0.5, 0.6) is 0 Å². The standard InChI is InChI=1S/C13H11Br2N3O3/c1-6-5-9(11(16-6)12(19)20)17-13(21)18-10-7(14)3-2-4-8(10)15/h2-5,16H,1H3,(H,19,20)(H2,17,18,21). The van der Waals surface area contributed by atoms with Crippen molar-refractivity contribution in [3.05, 3.63) is 44.6 Å². The van der Waals surface area contributed by atoms with Crippen molar-refractivity contribution < 1.29 is 14.7 Å². The Bertz CT molecular complexity index is 692. The van der Waals surface area contributed by atoms with Gasteiger partial charge in [0.15, 0.2) is 0 Å². The van der Waals surface area contributed by atoms with E-state index in [1.165, 1.54) is 0 Å². The van der Waals surface area contributed by atoms with Crippen molar-refractivity contribution in [3.8, 4) is 0 Å². The maximum atomic E-state index is 12.0. The number of benzene rings is 1. The first-order chi connectivity index (χ1) is 9.88. The highest BCUT2D eigenvalue weighted by Crippen LogP contribution is 2.30. The van der Waals surface area contributed by atoms with Crippen LogP contribution < -0.4 is 10.6 Å². The van der Waals surface area contributed by atoms with Gasteiger partial charge < -0.3 is 20.7 Å². The second-order valence-electron chi connectivity index (χ2n) is 4.22. The van der Waals surface area contributed by atoms with Crippen LogP contribution in [0.4, 0.5) is 16.2 Å². The number of carboxylic acids is 1. The zero-order chi connectivity index (χ0) is 15.6. The Kier molecular flexibility index (Phi) is 4.69. The fourth-order valence-electron chi connectivity index (χ4n) is 1.74. The van der Waals surface area contributed by atoms with Gasteiger partial charge in [-0.15, -0.1) is 0 Å².